The second-order valence-corrected chi connectivity index (χ2v) is 12.7. The van der Waals surface area contributed by atoms with Crippen LogP contribution in [0.15, 0.2) is 79.1 Å². The van der Waals surface area contributed by atoms with Crippen LogP contribution < -0.4 is 15.3 Å². The summed E-state index contributed by atoms with van der Waals surface area (Å²) in [5.74, 6) is -0.383. The number of benzene rings is 3. The highest BCUT2D eigenvalue weighted by Gasteiger charge is 2.47. The van der Waals surface area contributed by atoms with Gasteiger partial charge in [0.05, 0.1) is 13.2 Å². The van der Waals surface area contributed by atoms with Crippen molar-refractivity contribution in [3.63, 3.8) is 0 Å². The van der Waals surface area contributed by atoms with Crippen LogP contribution >= 0.6 is 19.3 Å². The summed E-state index contributed by atoms with van der Waals surface area (Å²) in [7, 11) is -4.46. The minimum absolute atomic E-state index is 0.0628. The molecule has 246 valence electrons. The van der Waals surface area contributed by atoms with Gasteiger partial charge in [-0.3, -0.25) is 13.9 Å². The number of esters is 1. The van der Waals surface area contributed by atoms with Gasteiger partial charge in [-0.15, -0.1) is 0 Å². The summed E-state index contributed by atoms with van der Waals surface area (Å²) in [6, 6.07) is 20.5. The van der Waals surface area contributed by atoms with Gasteiger partial charge in [0, 0.05) is 5.39 Å². The van der Waals surface area contributed by atoms with Gasteiger partial charge in [0.1, 0.15) is 36.4 Å². The van der Waals surface area contributed by atoms with Crippen molar-refractivity contribution in [3.05, 3.63) is 90.0 Å². The van der Waals surface area contributed by atoms with Crippen molar-refractivity contribution in [2.45, 2.75) is 43.9 Å². The van der Waals surface area contributed by atoms with E-state index in [0.717, 1.165) is 10.9 Å². The number of nitrogens with two attached hydrogens (primary N) is 1. The van der Waals surface area contributed by atoms with Crippen molar-refractivity contribution in [2.24, 2.45) is 0 Å². The van der Waals surface area contributed by atoms with Crippen LogP contribution in [0.4, 0.5) is 5.82 Å². The molecule has 1 saturated heterocycles. The number of aliphatic hydroxyl groups excluding tert-OH is 2. The number of imidazole rings is 1. The molecule has 0 bridgehead atoms. The van der Waals surface area contributed by atoms with E-state index in [1.165, 1.54) is 10.9 Å². The Balaban J connectivity index is 1.29. The predicted molar refractivity (Wildman–Crippen MR) is 173 cm³/mol. The fraction of sp³-hybridized carbons (Fsp3) is 0.290. The maximum absolute atomic E-state index is 14.6. The summed E-state index contributed by atoms with van der Waals surface area (Å²) in [6.07, 6.45) is -4.24. The third kappa shape index (κ3) is 6.94. The quantitative estimate of drug-likeness (QED) is 0.0844. The first-order valence-electron chi connectivity index (χ1n) is 14.7. The number of aromatic nitrogens is 4. The van der Waals surface area contributed by atoms with Crippen molar-refractivity contribution < 1.29 is 38.1 Å². The molecule has 14 nitrogen and oxygen atoms in total. The number of fused-ring (bicyclic) bond motifs is 2. The van der Waals surface area contributed by atoms with E-state index >= 15 is 0 Å². The molecule has 47 heavy (non-hydrogen) atoms. The molecule has 0 radical (unpaired) electrons. The average molecular weight is 683 g/mol. The molecule has 3 heterocycles. The molecule has 6 rings (SSSR count). The Morgan fingerprint density at radius 3 is 2.62 bits per heavy atom. The molecule has 0 spiro atoms. The highest BCUT2D eigenvalue weighted by atomic mass is 35.5. The van der Waals surface area contributed by atoms with Gasteiger partial charge in [-0.05, 0) is 42.0 Å². The molecule has 0 aliphatic carbocycles. The monoisotopic (exact) mass is 682 g/mol. The number of rotatable bonds is 12. The Bertz CT molecular complexity index is 1930. The molecule has 1 aliphatic rings. The van der Waals surface area contributed by atoms with Crippen LogP contribution in [0, 0.1) is 0 Å². The molecule has 2 unspecified atom stereocenters. The first kappa shape index (κ1) is 32.8. The fourth-order valence-electron chi connectivity index (χ4n) is 5.34. The lowest BCUT2D eigenvalue weighted by atomic mass is 10.1. The summed E-state index contributed by atoms with van der Waals surface area (Å²) in [6.45, 7) is 1.22. The van der Waals surface area contributed by atoms with E-state index in [0.29, 0.717) is 5.39 Å². The third-order valence-electron chi connectivity index (χ3n) is 7.60. The topological polar surface area (TPSA) is 193 Å². The van der Waals surface area contributed by atoms with Crippen LogP contribution in [0.25, 0.3) is 21.9 Å². The number of ether oxygens (including phenoxy) is 2. The molecule has 16 heteroatoms. The Kier molecular flexibility index (Phi) is 9.71. The average Bonchev–Trinajstić information content (AvgIpc) is 3.55. The van der Waals surface area contributed by atoms with Gasteiger partial charge in [0.2, 0.25) is 5.28 Å². The minimum Gasteiger partial charge on any atom is -0.465 e. The second-order valence-electron chi connectivity index (χ2n) is 10.7. The van der Waals surface area contributed by atoms with E-state index < -0.39 is 50.9 Å². The highest BCUT2D eigenvalue weighted by Crippen LogP contribution is 2.48. The lowest BCUT2D eigenvalue weighted by Gasteiger charge is -2.26. The highest BCUT2D eigenvalue weighted by molar-refractivity contribution is 7.52. The van der Waals surface area contributed by atoms with E-state index in [2.05, 4.69) is 20.0 Å². The van der Waals surface area contributed by atoms with E-state index in [1.807, 2.05) is 48.5 Å². The number of aliphatic hydroxyl groups is 2. The Labute approximate surface area is 274 Å². The largest absolute Gasteiger partial charge is 0.465 e. The van der Waals surface area contributed by atoms with Crippen molar-refractivity contribution in [1.82, 2.24) is 24.6 Å². The van der Waals surface area contributed by atoms with Crippen LogP contribution in [-0.4, -0.2) is 73.3 Å². The van der Waals surface area contributed by atoms with Crippen molar-refractivity contribution in [3.8, 4) is 5.75 Å². The molecule has 2 aromatic heterocycles. The molecule has 0 amide bonds. The van der Waals surface area contributed by atoms with Gasteiger partial charge in [0.15, 0.2) is 23.2 Å². The van der Waals surface area contributed by atoms with Gasteiger partial charge in [-0.2, -0.15) is 5.09 Å². The van der Waals surface area contributed by atoms with Gasteiger partial charge >= 0.3 is 13.7 Å². The first-order chi connectivity index (χ1) is 22.7. The Morgan fingerprint density at radius 1 is 1.09 bits per heavy atom. The zero-order valence-corrected chi connectivity index (χ0v) is 26.7. The number of anilines is 1. The summed E-state index contributed by atoms with van der Waals surface area (Å²) in [5.41, 5.74) is 7.03. The van der Waals surface area contributed by atoms with Gasteiger partial charge in [-0.25, -0.2) is 19.5 Å². The van der Waals surface area contributed by atoms with Gasteiger partial charge in [-0.1, -0.05) is 66.7 Å². The van der Waals surface area contributed by atoms with E-state index in [9.17, 15) is 19.6 Å². The maximum Gasteiger partial charge on any atom is 0.459 e. The van der Waals surface area contributed by atoms with Crippen molar-refractivity contribution >= 4 is 53.1 Å². The van der Waals surface area contributed by atoms with Crippen molar-refractivity contribution in [2.75, 3.05) is 18.9 Å². The summed E-state index contributed by atoms with van der Waals surface area (Å²) < 4.78 is 39.1. The molecule has 1 aliphatic heterocycles. The number of hydrogen-bond donors (Lipinski definition) is 4. The molecule has 5 N–H and O–H groups in total. The smallest absolute Gasteiger partial charge is 0.459 e. The van der Waals surface area contributed by atoms with Crippen LogP contribution in [-0.2, 0) is 29.8 Å². The molecule has 3 aromatic carbocycles. The lowest BCUT2D eigenvalue weighted by Crippen LogP contribution is -2.40. The molecule has 0 saturated carbocycles. The summed E-state index contributed by atoms with van der Waals surface area (Å²) in [5, 5.41) is 26.1. The molecular weight excluding hydrogens is 651 g/mol. The lowest BCUT2D eigenvalue weighted by molar-refractivity contribution is -0.145. The normalized spacial score (nSPS) is 21.4. The van der Waals surface area contributed by atoms with Crippen molar-refractivity contribution in [1.29, 1.82) is 0 Å². The summed E-state index contributed by atoms with van der Waals surface area (Å²) in [4.78, 5) is 25.3. The van der Waals surface area contributed by atoms with Crippen LogP contribution in [0.3, 0.4) is 0 Å². The van der Waals surface area contributed by atoms with E-state index in [-0.39, 0.29) is 41.0 Å². The Hall–Kier alpha value is -4.14. The van der Waals surface area contributed by atoms with Crippen LogP contribution in [0.2, 0.25) is 5.28 Å². The Morgan fingerprint density at radius 2 is 1.83 bits per heavy atom. The third-order valence-corrected chi connectivity index (χ3v) is 9.42. The summed E-state index contributed by atoms with van der Waals surface area (Å²) >= 11 is 6.35. The van der Waals surface area contributed by atoms with Crippen LogP contribution in [0.1, 0.15) is 18.7 Å². The first-order valence-corrected chi connectivity index (χ1v) is 16.6. The zero-order valence-electron chi connectivity index (χ0n) is 25.0. The molecular formula is C31H32ClN6O8P. The minimum atomic E-state index is -4.46. The number of hydrogen-bond acceptors (Lipinski definition) is 12. The number of carbonyl (C=O) groups excluding carboxylic acids is 1. The number of nitrogen functional groups attached to an aromatic ring is 1. The molecule has 5 aromatic rings. The van der Waals surface area contributed by atoms with Crippen LogP contribution in [0.5, 0.6) is 5.75 Å². The fourth-order valence-corrected chi connectivity index (χ4v) is 7.12. The number of nitrogens with one attached hydrogen (secondary N) is 1. The maximum atomic E-state index is 14.6. The molecule has 1 fully saturated rings. The van der Waals surface area contributed by atoms with E-state index in [1.54, 1.807) is 31.2 Å². The standard InChI is InChI=1S/C31H32ClN6O8P/c1-2-43-30(41)21(15-18-9-4-3-5-10-18)37-47(42,46-22-14-8-12-19-11-6-7-13-20(19)22)44-16-23-25(39)26(40)29(45-23)38-28-24(36-31(38)32)27(33)34-17-35-28/h3-14,17,21,23,25-26,29,39-40H,2,15-16H2,1H3,(H,37,42)(H2,33,34,35)/t21-,23+,25-,26?,29+,47?/m0/s1. The predicted octanol–water partition coefficient (Wildman–Crippen LogP) is 3.80. The number of carbonyl (C=O) groups is 1. The number of halogens is 1. The van der Waals surface area contributed by atoms with Gasteiger partial charge < -0.3 is 29.9 Å². The van der Waals surface area contributed by atoms with Gasteiger partial charge in [0.25, 0.3) is 0 Å². The van der Waals surface area contributed by atoms with E-state index in [4.69, 9.17) is 35.9 Å². The second kappa shape index (κ2) is 13.9. The molecule has 6 atom stereocenters. The number of nitrogens with zero attached hydrogens (tertiary/aromatic N) is 4. The SMILES string of the molecule is CCOC(=O)[C@H](Cc1ccccc1)NP(=O)(OC[C@H]1O[C@@H](n2c(Cl)nc3c(N)ncnc32)C(O)[C@H]1O)Oc1cccc2ccccc12. The zero-order chi connectivity index (χ0) is 33.1.